The standard InChI is InChI=1S/C26H36O3/c1-4-6-7-8-9-13-19-26(18-5-2,21-14-11-10-12-15-21)22-17-16-20(3)23(24(22)27)25(28)29/h10-12,14-17,27H,4-9,13,18-19H2,1-3H3,(H,28,29). The summed E-state index contributed by atoms with van der Waals surface area (Å²) < 4.78 is 0. The van der Waals surface area contributed by atoms with Crippen molar-refractivity contribution in [1.82, 2.24) is 0 Å². The maximum absolute atomic E-state index is 11.8. The molecule has 3 nitrogen and oxygen atoms in total. The van der Waals surface area contributed by atoms with Crippen LogP contribution in [0.3, 0.4) is 0 Å². The monoisotopic (exact) mass is 396 g/mol. The molecule has 0 aliphatic heterocycles. The molecule has 2 rings (SSSR count). The number of unbranched alkanes of at least 4 members (excludes halogenated alkanes) is 5. The highest BCUT2D eigenvalue weighted by molar-refractivity contribution is 5.93. The molecule has 0 spiro atoms. The van der Waals surface area contributed by atoms with Crippen LogP contribution >= 0.6 is 0 Å². The zero-order valence-corrected chi connectivity index (χ0v) is 18.2. The number of benzene rings is 2. The molecular formula is C26H36O3. The summed E-state index contributed by atoms with van der Waals surface area (Å²) in [6, 6.07) is 14.1. The second-order valence-electron chi connectivity index (χ2n) is 8.17. The lowest BCUT2D eigenvalue weighted by Crippen LogP contribution is -2.28. The van der Waals surface area contributed by atoms with E-state index in [4.69, 9.17) is 0 Å². The zero-order chi connectivity index (χ0) is 21.3. The molecule has 2 N–H and O–H groups in total. The number of carboxylic acids is 1. The van der Waals surface area contributed by atoms with Crippen LogP contribution in [-0.4, -0.2) is 16.2 Å². The van der Waals surface area contributed by atoms with Gasteiger partial charge in [0, 0.05) is 11.0 Å². The molecule has 158 valence electrons. The van der Waals surface area contributed by atoms with Crippen molar-refractivity contribution >= 4 is 5.97 Å². The third kappa shape index (κ3) is 5.41. The van der Waals surface area contributed by atoms with Gasteiger partial charge in [-0.1, -0.05) is 101 Å². The number of aromatic carboxylic acids is 1. The van der Waals surface area contributed by atoms with Crippen molar-refractivity contribution < 1.29 is 15.0 Å². The number of carboxylic acid groups (broad SMARTS) is 1. The molecule has 1 atom stereocenters. The van der Waals surface area contributed by atoms with E-state index in [1.165, 1.54) is 25.7 Å². The molecule has 0 aliphatic rings. The Labute approximate surface area is 175 Å². The molecule has 0 bridgehead atoms. The lowest BCUT2D eigenvalue weighted by molar-refractivity contribution is 0.0692. The molecule has 3 heteroatoms. The molecule has 2 aromatic carbocycles. The SMILES string of the molecule is CCCCCCCCC(CCC)(c1ccccc1)c1ccc(C)c(C(=O)O)c1O. The van der Waals surface area contributed by atoms with Crippen LogP contribution in [0, 0.1) is 6.92 Å². The molecule has 2 aromatic rings. The smallest absolute Gasteiger partial charge is 0.339 e. The van der Waals surface area contributed by atoms with Gasteiger partial charge in [0.2, 0.25) is 0 Å². The Kier molecular flexibility index (Phi) is 8.75. The topological polar surface area (TPSA) is 57.5 Å². The van der Waals surface area contributed by atoms with E-state index >= 15 is 0 Å². The van der Waals surface area contributed by atoms with Gasteiger partial charge >= 0.3 is 5.97 Å². The van der Waals surface area contributed by atoms with Crippen LogP contribution in [0.5, 0.6) is 5.75 Å². The highest BCUT2D eigenvalue weighted by Gasteiger charge is 2.36. The van der Waals surface area contributed by atoms with Crippen molar-refractivity contribution in [2.24, 2.45) is 0 Å². The van der Waals surface area contributed by atoms with Gasteiger partial charge in [0.25, 0.3) is 0 Å². The first-order valence-electron chi connectivity index (χ1n) is 11.1. The third-order valence-electron chi connectivity index (χ3n) is 6.08. The number of phenols is 1. The molecule has 0 amide bonds. The van der Waals surface area contributed by atoms with Gasteiger partial charge in [-0.2, -0.15) is 0 Å². The van der Waals surface area contributed by atoms with Gasteiger partial charge in [0.05, 0.1) is 0 Å². The first-order chi connectivity index (χ1) is 14.0. The van der Waals surface area contributed by atoms with E-state index in [1.807, 2.05) is 30.3 Å². The first kappa shape index (κ1) is 23.0. The molecular weight excluding hydrogens is 360 g/mol. The number of rotatable bonds is 12. The quantitative estimate of drug-likeness (QED) is 0.372. The summed E-state index contributed by atoms with van der Waals surface area (Å²) in [6.07, 6.45) is 9.98. The minimum Gasteiger partial charge on any atom is -0.507 e. The average Bonchev–Trinajstić information content (AvgIpc) is 2.70. The Balaban J connectivity index is 2.49. The molecule has 0 aliphatic carbocycles. The Morgan fingerprint density at radius 2 is 1.52 bits per heavy atom. The number of carbonyl (C=O) groups is 1. The maximum atomic E-state index is 11.8. The summed E-state index contributed by atoms with van der Waals surface area (Å²) in [5, 5.41) is 20.7. The average molecular weight is 397 g/mol. The van der Waals surface area contributed by atoms with Crippen molar-refractivity contribution in [3.05, 3.63) is 64.7 Å². The summed E-state index contributed by atoms with van der Waals surface area (Å²) in [6.45, 7) is 6.12. The number of aromatic hydroxyl groups is 1. The molecule has 0 aromatic heterocycles. The fourth-order valence-corrected chi connectivity index (χ4v) is 4.58. The van der Waals surface area contributed by atoms with Crippen molar-refractivity contribution in [1.29, 1.82) is 0 Å². The molecule has 1 unspecified atom stereocenters. The highest BCUT2D eigenvalue weighted by Crippen LogP contribution is 2.46. The minimum atomic E-state index is -1.07. The molecule has 0 saturated carbocycles. The predicted molar refractivity (Wildman–Crippen MR) is 120 cm³/mol. The van der Waals surface area contributed by atoms with E-state index in [0.717, 1.165) is 43.2 Å². The van der Waals surface area contributed by atoms with Gasteiger partial charge in [-0.15, -0.1) is 0 Å². The number of aryl methyl sites for hydroxylation is 1. The first-order valence-corrected chi connectivity index (χ1v) is 11.1. The highest BCUT2D eigenvalue weighted by atomic mass is 16.4. The van der Waals surface area contributed by atoms with Gasteiger partial charge < -0.3 is 10.2 Å². The lowest BCUT2D eigenvalue weighted by atomic mass is 9.67. The van der Waals surface area contributed by atoms with Crippen molar-refractivity contribution in [2.45, 2.75) is 84.0 Å². The van der Waals surface area contributed by atoms with E-state index in [-0.39, 0.29) is 16.7 Å². The van der Waals surface area contributed by atoms with E-state index in [0.29, 0.717) is 5.56 Å². The Morgan fingerprint density at radius 1 is 0.862 bits per heavy atom. The molecule has 0 fully saturated rings. The van der Waals surface area contributed by atoms with Crippen LogP contribution in [0.25, 0.3) is 0 Å². The van der Waals surface area contributed by atoms with Crippen molar-refractivity contribution in [3.63, 3.8) is 0 Å². The van der Waals surface area contributed by atoms with E-state index in [2.05, 4.69) is 26.0 Å². The van der Waals surface area contributed by atoms with Crippen LogP contribution in [0.2, 0.25) is 0 Å². The summed E-state index contributed by atoms with van der Waals surface area (Å²) in [5.74, 6) is -1.14. The van der Waals surface area contributed by atoms with Gasteiger partial charge in [0.1, 0.15) is 11.3 Å². The van der Waals surface area contributed by atoms with E-state index in [1.54, 1.807) is 6.92 Å². The summed E-state index contributed by atoms with van der Waals surface area (Å²) in [7, 11) is 0. The van der Waals surface area contributed by atoms with Gasteiger partial charge in [-0.25, -0.2) is 4.79 Å². The van der Waals surface area contributed by atoms with Crippen molar-refractivity contribution in [3.8, 4) is 5.75 Å². The molecule has 0 saturated heterocycles. The fraction of sp³-hybridized carbons (Fsp3) is 0.500. The molecule has 0 heterocycles. The van der Waals surface area contributed by atoms with E-state index < -0.39 is 5.97 Å². The van der Waals surface area contributed by atoms with Crippen LogP contribution < -0.4 is 0 Å². The van der Waals surface area contributed by atoms with Crippen LogP contribution in [0.1, 0.15) is 98.7 Å². The predicted octanol–water partition coefficient (Wildman–Crippen LogP) is 7.24. The van der Waals surface area contributed by atoms with Crippen LogP contribution in [-0.2, 0) is 5.41 Å². The maximum Gasteiger partial charge on any atom is 0.339 e. The van der Waals surface area contributed by atoms with Gasteiger partial charge in [-0.05, 0) is 30.9 Å². The molecule has 0 radical (unpaired) electrons. The van der Waals surface area contributed by atoms with E-state index in [9.17, 15) is 15.0 Å². The van der Waals surface area contributed by atoms with Crippen LogP contribution in [0.15, 0.2) is 42.5 Å². The lowest BCUT2D eigenvalue weighted by Gasteiger charge is -2.36. The normalized spacial score (nSPS) is 13.2. The summed E-state index contributed by atoms with van der Waals surface area (Å²) in [4.78, 5) is 11.8. The van der Waals surface area contributed by atoms with Gasteiger partial charge in [0.15, 0.2) is 0 Å². The Hall–Kier alpha value is -2.29. The fourth-order valence-electron chi connectivity index (χ4n) is 4.58. The second kappa shape index (κ2) is 11.0. The zero-order valence-electron chi connectivity index (χ0n) is 18.2. The molecule has 29 heavy (non-hydrogen) atoms. The van der Waals surface area contributed by atoms with Crippen LogP contribution in [0.4, 0.5) is 0 Å². The third-order valence-corrected chi connectivity index (χ3v) is 6.08. The Bertz CT molecular complexity index is 782. The second-order valence-corrected chi connectivity index (χ2v) is 8.17. The van der Waals surface area contributed by atoms with Crippen molar-refractivity contribution in [2.75, 3.05) is 0 Å². The number of hydrogen-bond acceptors (Lipinski definition) is 2. The Morgan fingerprint density at radius 3 is 2.14 bits per heavy atom. The van der Waals surface area contributed by atoms with Gasteiger partial charge in [-0.3, -0.25) is 0 Å². The number of hydrogen-bond donors (Lipinski definition) is 2. The summed E-state index contributed by atoms with van der Waals surface area (Å²) in [5.41, 5.74) is 2.16. The summed E-state index contributed by atoms with van der Waals surface area (Å²) >= 11 is 0. The minimum absolute atomic E-state index is 0.0295. The largest absolute Gasteiger partial charge is 0.507 e.